The molecule has 0 aliphatic carbocycles. The number of carbonyl (C=O) groups is 1. The van der Waals surface area contributed by atoms with Gasteiger partial charge in [-0.1, -0.05) is 17.8 Å². The van der Waals surface area contributed by atoms with E-state index in [1.807, 2.05) is 0 Å². The second-order valence-corrected chi connectivity index (χ2v) is 3.29. The van der Waals surface area contributed by atoms with Crippen molar-refractivity contribution in [3.63, 3.8) is 0 Å². The lowest BCUT2D eigenvalue weighted by molar-refractivity contribution is -0.105. The van der Waals surface area contributed by atoms with Gasteiger partial charge in [-0.15, -0.1) is 11.3 Å². The molecule has 0 saturated carbocycles. The molecule has 1 rings (SSSR count). The van der Waals surface area contributed by atoms with Crippen LogP contribution in [0.2, 0.25) is 0 Å². The molecule has 0 fully saturated rings. The fourth-order valence-electron chi connectivity index (χ4n) is 0.683. The molecule has 1 aromatic heterocycles. The zero-order valence-electron chi connectivity index (χ0n) is 6.72. The molecular weight excluding hydrogens is 210 g/mol. The van der Waals surface area contributed by atoms with E-state index in [4.69, 9.17) is 5.73 Å². The highest BCUT2D eigenvalue weighted by atomic mass is 32.1. The molecule has 70 valence electrons. The molecule has 0 unspecified atom stereocenters. The van der Waals surface area contributed by atoms with E-state index in [-0.39, 0.29) is 5.71 Å². The topological polar surface area (TPSA) is 77.6 Å². The highest BCUT2D eigenvalue weighted by Crippen LogP contribution is 2.13. The predicted molar refractivity (Wildman–Crippen MR) is 54.1 cm³/mol. The Morgan fingerprint density at radius 3 is 2.92 bits per heavy atom. The third kappa shape index (κ3) is 2.43. The molecule has 0 bridgehead atoms. The zero-order chi connectivity index (χ0) is 9.84. The average molecular weight is 217 g/mol. The van der Waals surface area contributed by atoms with Crippen LogP contribution in [-0.2, 0) is 9.63 Å². The van der Waals surface area contributed by atoms with E-state index in [2.05, 4.69) is 27.6 Å². The van der Waals surface area contributed by atoms with Crippen LogP contribution in [0.4, 0.5) is 5.13 Å². The Kier molecular flexibility index (Phi) is 3.26. The summed E-state index contributed by atoms with van der Waals surface area (Å²) in [4.78, 5) is 19.3. The number of carbonyl (C=O) groups excluding carboxylic acids is 1. The van der Waals surface area contributed by atoms with Gasteiger partial charge >= 0.3 is 0 Å². The number of thiazole rings is 1. The molecule has 2 N–H and O–H groups in total. The van der Waals surface area contributed by atoms with Crippen LogP contribution < -0.4 is 5.73 Å². The number of rotatable bonds is 3. The quantitative estimate of drug-likeness (QED) is 0.440. The molecule has 0 radical (unpaired) electrons. The van der Waals surface area contributed by atoms with Gasteiger partial charge in [-0.2, -0.15) is 0 Å². The van der Waals surface area contributed by atoms with Crippen molar-refractivity contribution in [3.05, 3.63) is 11.1 Å². The number of nitrogens with zero attached hydrogens (tertiary/aromatic N) is 2. The summed E-state index contributed by atoms with van der Waals surface area (Å²) in [6.45, 7) is 0. The van der Waals surface area contributed by atoms with Crippen molar-refractivity contribution >= 4 is 39.9 Å². The molecule has 0 atom stereocenters. The van der Waals surface area contributed by atoms with Crippen LogP contribution in [0.5, 0.6) is 0 Å². The molecule has 1 aromatic rings. The van der Waals surface area contributed by atoms with Crippen LogP contribution in [0.3, 0.4) is 0 Å². The van der Waals surface area contributed by atoms with E-state index in [9.17, 15) is 4.79 Å². The van der Waals surface area contributed by atoms with E-state index in [1.54, 1.807) is 5.38 Å². The minimum atomic E-state index is -0.507. The Morgan fingerprint density at radius 1 is 1.85 bits per heavy atom. The van der Waals surface area contributed by atoms with E-state index in [1.165, 1.54) is 18.4 Å². The zero-order valence-corrected chi connectivity index (χ0v) is 8.43. The van der Waals surface area contributed by atoms with Gasteiger partial charge in [0.15, 0.2) is 10.8 Å². The maximum atomic E-state index is 10.9. The summed E-state index contributed by atoms with van der Waals surface area (Å²) in [5.41, 5.74) is 5.82. The number of nitrogen functional groups attached to an aromatic ring is 1. The minimum Gasteiger partial charge on any atom is -0.398 e. The first-order chi connectivity index (χ1) is 6.15. The lowest BCUT2D eigenvalue weighted by atomic mass is 10.3. The summed E-state index contributed by atoms with van der Waals surface area (Å²) in [5.74, 6) is 0. The fraction of sp³-hybridized carbons (Fsp3) is 0.167. The summed E-state index contributed by atoms with van der Waals surface area (Å²) in [6, 6.07) is 0. The highest BCUT2D eigenvalue weighted by Gasteiger charge is 2.14. The maximum absolute atomic E-state index is 10.9. The summed E-state index contributed by atoms with van der Waals surface area (Å²) in [7, 11) is 1.34. The van der Waals surface area contributed by atoms with Crippen molar-refractivity contribution < 1.29 is 9.63 Å². The van der Waals surface area contributed by atoms with E-state index in [0.29, 0.717) is 10.8 Å². The molecule has 1 heterocycles. The Bertz CT molecular complexity index is 347. The summed E-state index contributed by atoms with van der Waals surface area (Å²) in [5, 5.41) is 4.96. The second kappa shape index (κ2) is 4.24. The molecule has 0 spiro atoms. The number of aromatic nitrogens is 1. The highest BCUT2D eigenvalue weighted by molar-refractivity contribution is 7.99. The predicted octanol–water partition coefficient (Wildman–Crippen LogP) is 0.532. The van der Waals surface area contributed by atoms with Gasteiger partial charge in [0.1, 0.15) is 12.8 Å². The molecule has 7 heteroatoms. The minimum absolute atomic E-state index is 0.0544. The number of thiol groups is 1. The molecule has 0 aliphatic rings. The van der Waals surface area contributed by atoms with Crippen LogP contribution in [0.25, 0.3) is 0 Å². The lowest BCUT2D eigenvalue weighted by Crippen LogP contribution is -2.10. The van der Waals surface area contributed by atoms with Crippen molar-refractivity contribution in [1.29, 1.82) is 0 Å². The molecule has 5 nitrogen and oxygen atoms in total. The Labute approximate surface area is 84.0 Å². The number of oxime groups is 1. The Balaban J connectivity index is 3.02. The average Bonchev–Trinajstić information content (AvgIpc) is 2.46. The third-order valence-electron chi connectivity index (χ3n) is 1.15. The van der Waals surface area contributed by atoms with Crippen molar-refractivity contribution in [2.45, 2.75) is 0 Å². The lowest BCUT2D eigenvalue weighted by Gasteiger charge is -1.94. The largest absolute Gasteiger partial charge is 0.398 e. The van der Waals surface area contributed by atoms with Crippen molar-refractivity contribution in [1.82, 2.24) is 4.98 Å². The molecule has 13 heavy (non-hydrogen) atoms. The Morgan fingerprint density at radius 2 is 2.54 bits per heavy atom. The van der Waals surface area contributed by atoms with Crippen LogP contribution in [-0.4, -0.2) is 22.9 Å². The monoisotopic (exact) mass is 217 g/mol. The second-order valence-electron chi connectivity index (χ2n) is 2.00. The SMILES string of the molecule is CO/N=C(\C(=O)S)c1csc(N)n1. The summed E-state index contributed by atoms with van der Waals surface area (Å²) in [6.07, 6.45) is 0. The van der Waals surface area contributed by atoms with Crippen LogP contribution in [0.1, 0.15) is 5.69 Å². The smallest absolute Gasteiger partial charge is 0.240 e. The Hall–Kier alpha value is -1.08. The molecule has 0 amide bonds. The van der Waals surface area contributed by atoms with E-state index in [0.717, 1.165) is 0 Å². The normalized spacial score (nSPS) is 11.4. The third-order valence-corrected chi connectivity index (χ3v) is 2.04. The number of hydrogen-bond acceptors (Lipinski definition) is 6. The van der Waals surface area contributed by atoms with Gasteiger partial charge in [-0.3, -0.25) is 4.79 Å². The van der Waals surface area contributed by atoms with Crippen LogP contribution >= 0.6 is 24.0 Å². The van der Waals surface area contributed by atoms with Crippen molar-refractivity contribution in [2.24, 2.45) is 5.16 Å². The van der Waals surface area contributed by atoms with E-state index >= 15 is 0 Å². The van der Waals surface area contributed by atoms with Crippen LogP contribution in [0, 0.1) is 0 Å². The van der Waals surface area contributed by atoms with Crippen molar-refractivity contribution in [3.8, 4) is 0 Å². The van der Waals surface area contributed by atoms with Gasteiger partial charge in [0.2, 0.25) is 5.12 Å². The van der Waals surface area contributed by atoms with Gasteiger partial charge in [0.05, 0.1) is 0 Å². The van der Waals surface area contributed by atoms with Crippen LogP contribution in [0.15, 0.2) is 10.5 Å². The first kappa shape index (κ1) is 10.0. The van der Waals surface area contributed by atoms with Gasteiger partial charge < -0.3 is 10.6 Å². The first-order valence-electron chi connectivity index (χ1n) is 3.21. The number of nitrogens with two attached hydrogens (primary N) is 1. The molecular formula is C6H7N3O2S2. The molecule has 0 saturated heterocycles. The van der Waals surface area contributed by atoms with Crippen molar-refractivity contribution in [2.75, 3.05) is 12.8 Å². The summed E-state index contributed by atoms with van der Waals surface area (Å²) >= 11 is 4.84. The van der Waals surface area contributed by atoms with E-state index < -0.39 is 5.12 Å². The molecule has 0 aromatic carbocycles. The maximum Gasteiger partial charge on any atom is 0.240 e. The van der Waals surface area contributed by atoms with Gasteiger partial charge in [-0.25, -0.2) is 4.98 Å². The number of anilines is 1. The van der Waals surface area contributed by atoms with Gasteiger partial charge in [0, 0.05) is 5.38 Å². The number of hydrogen-bond donors (Lipinski definition) is 2. The first-order valence-corrected chi connectivity index (χ1v) is 4.53. The van der Waals surface area contributed by atoms with Gasteiger partial charge in [0.25, 0.3) is 0 Å². The summed E-state index contributed by atoms with van der Waals surface area (Å²) < 4.78 is 0. The molecule has 0 aliphatic heterocycles. The standard InChI is InChI=1S/C6H7N3O2S2/c1-11-9-4(5(10)12)3-2-13-6(7)8-3/h2H,1H3,(H2,7,8)(H,10,12)/b9-4-. The fourth-order valence-corrected chi connectivity index (χ4v) is 1.39. The van der Waals surface area contributed by atoms with Gasteiger partial charge in [-0.05, 0) is 0 Å².